The van der Waals surface area contributed by atoms with Crippen LogP contribution >= 0.6 is 0 Å². The van der Waals surface area contributed by atoms with Crippen molar-refractivity contribution in [3.63, 3.8) is 0 Å². The number of aliphatic hydroxyl groups excluding tert-OH is 1. The summed E-state index contributed by atoms with van der Waals surface area (Å²) >= 11 is 0. The van der Waals surface area contributed by atoms with E-state index in [1.165, 1.54) is 0 Å². The molecular weight excluding hydrogens is 234 g/mol. The van der Waals surface area contributed by atoms with E-state index in [4.69, 9.17) is 5.11 Å². The molecule has 0 radical (unpaired) electrons. The van der Waals surface area contributed by atoms with Gasteiger partial charge in [-0.3, -0.25) is 9.59 Å². The van der Waals surface area contributed by atoms with Gasteiger partial charge in [0.25, 0.3) is 0 Å². The van der Waals surface area contributed by atoms with E-state index < -0.39 is 11.9 Å². The average Bonchev–Trinajstić information content (AvgIpc) is 2.74. The van der Waals surface area contributed by atoms with E-state index in [9.17, 15) is 14.7 Å². The van der Waals surface area contributed by atoms with Crippen molar-refractivity contribution in [2.75, 3.05) is 13.6 Å². The second kappa shape index (κ2) is 5.26. The predicted molar refractivity (Wildman–Crippen MR) is 64.8 cm³/mol. The summed E-state index contributed by atoms with van der Waals surface area (Å²) < 4.78 is 0. The summed E-state index contributed by atoms with van der Waals surface area (Å²) in [5.41, 5.74) is 0. The van der Waals surface area contributed by atoms with Crippen molar-refractivity contribution in [3.8, 4) is 0 Å². The third-order valence-corrected chi connectivity index (χ3v) is 4.27. The Morgan fingerprint density at radius 1 is 1.22 bits per heavy atom. The van der Waals surface area contributed by atoms with Crippen LogP contribution in [0.5, 0.6) is 0 Å². The van der Waals surface area contributed by atoms with Crippen molar-refractivity contribution in [1.29, 1.82) is 0 Å². The van der Waals surface area contributed by atoms with Gasteiger partial charge in [0.2, 0.25) is 5.91 Å². The van der Waals surface area contributed by atoms with E-state index in [2.05, 4.69) is 0 Å². The molecule has 5 nitrogen and oxygen atoms in total. The molecule has 0 unspecified atom stereocenters. The van der Waals surface area contributed by atoms with Crippen molar-refractivity contribution < 1.29 is 19.8 Å². The maximum atomic E-state index is 12.2. The monoisotopic (exact) mass is 255 g/mol. The lowest BCUT2D eigenvalue weighted by atomic mass is 9.82. The first-order chi connectivity index (χ1) is 8.49. The molecule has 2 fully saturated rings. The lowest BCUT2D eigenvalue weighted by Crippen LogP contribution is -2.43. The van der Waals surface area contributed by atoms with Gasteiger partial charge in [-0.1, -0.05) is 6.42 Å². The van der Waals surface area contributed by atoms with Gasteiger partial charge in [-0.05, 0) is 31.6 Å². The van der Waals surface area contributed by atoms with Crippen LogP contribution in [0.15, 0.2) is 0 Å². The molecule has 0 heterocycles. The molecule has 0 aromatic carbocycles. The Morgan fingerprint density at radius 2 is 1.83 bits per heavy atom. The molecule has 0 spiro atoms. The lowest BCUT2D eigenvalue weighted by molar-refractivity contribution is -0.149. The van der Waals surface area contributed by atoms with Gasteiger partial charge in [-0.2, -0.15) is 0 Å². The maximum Gasteiger partial charge on any atom is 0.307 e. The number of nitrogens with zero attached hydrogens (tertiary/aromatic N) is 1. The van der Waals surface area contributed by atoms with E-state index in [0.29, 0.717) is 25.3 Å². The molecule has 18 heavy (non-hydrogen) atoms. The van der Waals surface area contributed by atoms with Crippen LogP contribution < -0.4 is 0 Å². The number of carboxylic acid groups (broad SMARTS) is 1. The summed E-state index contributed by atoms with van der Waals surface area (Å²) in [4.78, 5) is 24.9. The summed E-state index contributed by atoms with van der Waals surface area (Å²) in [5, 5.41) is 18.3. The Labute approximate surface area is 107 Å². The summed E-state index contributed by atoms with van der Waals surface area (Å²) in [5.74, 6) is -1.37. The Balaban J connectivity index is 1.87. The standard InChI is InChI=1S/C13H21NO4/c1-14(7-8-5-9(15)6-8)12(16)10-3-2-4-11(10)13(17)18/h8-11,15H,2-7H2,1H3,(H,17,18)/t8?,9?,10-,11+/m1/s1. The van der Waals surface area contributed by atoms with Crippen LogP contribution in [0.2, 0.25) is 0 Å². The maximum absolute atomic E-state index is 12.2. The van der Waals surface area contributed by atoms with Gasteiger partial charge in [0, 0.05) is 13.6 Å². The molecule has 2 aliphatic rings. The van der Waals surface area contributed by atoms with E-state index in [0.717, 1.165) is 19.3 Å². The summed E-state index contributed by atoms with van der Waals surface area (Å²) in [6.07, 6.45) is 3.42. The van der Waals surface area contributed by atoms with Crippen LogP contribution in [0, 0.1) is 17.8 Å². The van der Waals surface area contributed by atoms with Crippen LogP contribution in [0.3, 0.4) is 0 Å². The Hall–Kier alpha value is -1.10. The molecule has 0 aromatic heterocycles. The molecule has 2 atom stereocenters. The molecule has 0 aromatic rings. The molecule has 1 amide bonds. The summed E-state index contributed by atoms with van der Waals surface area (Å²) in [6.45, 7) is 0.638. The fourth-order valence-electron chi connectivity index (χ4n) is 3.16. The first kappa shape index (κ1) is 13.3. The summed E-state index contributed by atoms with van der Waals surface area (Å²) in [6, 6.07) is 0. The van der Waals surface area contributed by atoms with Crippen LogP contribution in [0.25, 0.3) is 0 Å². The van der Waals surface area contributed by atoms with E-state index in [1.54, 1.807) is 11.9 Å². The Morgan fingerprint density at radius 3 is 2.39 bits per heavy atom. The number of amides is 1. The number of hydrogen-bond donors (Lipinski definition) is 2. The second-order valence-corrected chi connectivity index (χ2v) is 5.69. The van der Waals surface area contributed by atoms with Gasteiger partial charge in [0.15, 0.2) is 0 Å². The fraction of sp³-hybridized carbons (Fsp3) is 0.846. The molecule has 102 valence electrons. The third-order valence-electron chi connectivity index (χ3n) is 4.27. The van der Waals surface area contributed by atoms with Crippen LogP contribution in [-0.4, -0.2) is 46.7 Å². The quantitative estimate of drug-likeness (QED) is 0.776. The molecule has 2 rings (SSSR count). The lowest BCUT2D eigenvalue weighted by Gasteiger charge is -2.35. The highest BCUT2D eigenvalue weighted by molar-refractivity contribution is 5.85. The van der Waals surface area contributed by atoms with Crippen molar-refractivity contribution in [2.24, 2.45) is 17.8 Å². The minimum absolute atomic E-state index is 0.0405. The number of carboxylic acids is 1. The molecule has 2 aliphatic carbocycles. The molecular formula is C13H21NO4. The SMILES string of the molecule is CN(CC1CC(O)C1)C(=O)[C@@H]1CCC[C@@H]1C(=O)O. The topological polar surface area (TPSA) is 77.8 Å². The van der Waals surface area contributed by atoms with Gasteiger partial charge < -0.3 is 15.1 Å². The van der Waals surface area contributed by atoms with Crippen molar-refractivity contribution in [3.05, 3.63) is 0 Å². The molecule has 2 N–H and O–H groups in total. The van der Waals surface area contributed by atoms with E-state index in [1.807, 2.05) is 0 Å². The summed E-state index contributed by atoms with van der Waals surface area (Å²) in [7, 11) is 1.74. The van der Waals surface area contributed by atoms with Gasteiger partial charge in [-0.15, -0.1) is 0 Å². The van der Waals surface area contributed by atoms with Crippen LogP contribution in [0.1, 0.15) is 32.1 Å². The Kier molecular flexibility index (Phi) is 3.90. The average molecular weight is 255 g/mol. The molecule has 5 heteroatoms. The fourth-order valence-corrected chi connectivity index (χ4v) is 3.16. The van der Waals surface area contributed by atoms with E-state index >= 15 is 0 Å². The number of aliphatic hydroxyl groups is 1. The van der Waals surface area contributed by atoms with Crippen LogP contribution in [0.4, 0.5) is 0 Å². The van der Waals surface area contributed by atoms with Crippen LogP contribution in [-0.2, 0) is 9.59 Å². The van der Waals surface area contributed by atoms with Gasteiger partial charge >= 0.3 is 5.97 Å². The highest BCUT2D eigenvalue weighted by atomic mass is 16.4. The first-order valence-corrected chi connectivity index (χ1v) is 6.65. The smallest absolute Gasteiger partial charge is 0.307 e. The van der Waals surface area contributed by atoms with Crippen molar-refractivity contribution in [1.82, 2.24) is 4.90 Å². The predicted octanol–water partition coefficient (Wildman–Crippen LogP) is 0.717. The molecule has 0 aliphatic heterocycles. The number of carbonyl (C=O) groups is 2. The van der Waals surface area contributed by atoms with Crippen molar-refractivity contribution in [2.45, 2.75) is 38.2 Å². The number of rotatable bonds is 4. The number of carbonyl (C=O) groups excluding carboxylic acids is 1. The first-order valence-electron chi connectivity index (χ1n) is 6.65. The number of hydrogen-bond acceptors (Lipinski definition) is 3. The number of aliphatic carboxylic acids is 1. The van der Waals surface area contributed by atoms with E-state index in [-0.39, 0.29) is 17.9 Å². The molecule has 0 bridgehead atoms. The van der Waals surface area contributed by atoms with Crippen molar-refractivity contribution >= 4 is 11.9 Å². The zero-order valence-electron chi connectivity index (χ0n) is 10.7. The minimum atomic E-state index is -0.849. The zero-order chi connectivity index (χ0) is 13.3. The second-order valence-electron chi connectivity index (χ2n) is 5.69. The highest BCUT2D eigenvalue weighted by Gasteiger charge is 2.40. The normalized spacial score (nSPS) is 35.0. The van der Waals surface area contributed by atoms with Gasteiger partial charge in [0.1, 0.15) is 0 Å². The molecule has 0 saturated heterocycles. The zero-order valence-corrected chi connectivity index (χ0v) is 10.7. The van der Waals surface area contributed by atoms with Gasteiger partial charge in [-0.25, -0.2) is 0 Å². The highest BCUT2D eigenvalue weighted by Crippen LogP contribution is 2.34. The minimum Gasteiger partial charge on any atom is -0.481 e. The third kappa shape index (κ3) is 2.66. The molecule has 2 saturated carbocycles. The Bertz CT molecular complexity index is 338. The largest absolute Gasteiger partial charge is 0.481 e. The van der Waals surface area contributed by atoms with Gasteiger partial charge in [0.05, 0.1) is 17.9 Å².